The van der Waals surface area contributed by atoms with Crippen molar-refractivity contribution in [3.05, 3.63) is 226 Å². The maximum absolute atomic E-state index is 13.3. The minimum absolute atomic E-state index is 0. The number of anilines is 1. The monoisotopic (exact) mass is 1770 g/mol. The molecule has 0 radical (unpaired) electrons. The largest absolute Gasteiger partial charge is 0.497 e. The Kier molecular flexibility index (Phi) is 32.1. The van der Waals surface area contributed by atoms with Crippen LogP contribution in [0.2, 0.25) is 5.02 Å². The number of aryl methyl sites for hydroxylation is 2. The molecule has 6 atom stereocenters. The van der Waals surface area contributed by atoms with Crippen LogP contribution in [0.5, 0.6) is 80.5 Å². The van der Waals surface area contributed by atoms with E-state index in [1.54, 1.807) is 102 Å². The second-order valence-electron chi connectivity index (χ2n) is 30.7. The van der Waals surface area contributed by atoms with Crippen molar-refractivity contribution >= 4 is 51.4 Å². The zero-order chi connectivity index (χ0) is 87.2. The number of fused-ring (bicyclic) bond motifs is 7. The van der Waals surface area contributed by atoms with Gasteiger partial charge in [-0.3, -0.25) is 24.2 Å². The van der Waals surface area contributed by atoms with Gasteiger partial charge in [0.05, 0.1) is 109 Å². The van der Waals surface area contributed by atoms with Crippen LogP contribution in [-0.2, 0) is 72.1 Å². The number of rotatable bonds is 21. The highest BCUT2D eigenvalue weighted by Gasteiger charge is 2.46. The number of amides is 3. The van der Waals surface area contributed by atoms with Gasteiger partial charge in [0.1, 0.15) is 17.6 Å². The highest BCUT2D eigenvalue weighted by Crippen LogP contribution is 2.58. The molecule has 26 heteroatoms. The third-order valence-corrected chi connectivity index (χ3v) is 25.1. The minimum atomic E-state index is -1.12. The van der Waals surface area contributed by atoms with E-state index in [0.29, 0.717) is 75.3 Å². The van der Waals surface area contributed by atoms with E-state index in [9.17, 15) is 19.5 Å². The Morgan fingerprint density at radius 1 is 0.561 bits per heavy atom. The first kappa shape index (κ1) is 92.9. The van der Waals surface area contributed by atoms with Crippen molar-refractivity contribution in [2.24, 2.45) is 0 Å². The average molecular weight is 1770 g/mol. The second-order valence-corrected chi connectivity index (χ2v) is 32.0. The number of hydrogen-bond acceptors (Lipinski definition) is 21. The predicted octanol–water partition coefficient (Wildman–Crippen LogP) is 17.2. The first-order valence-electron chi connectivity index (χ1n) is 41.0. The summed E-state index contributed by atoms with van der Waals surface area (Å²) in [5.74, 6) is 9.31. The molecule has 123 heavy (non-hydrogen) atoms. The molecule has 0 saturated heterocycles. The molecule has 0 aliphatic carbocycles. The lowest BCUT2D eigenvalue weighted by molar-refractivity contribution is -0.142. The second kappa shape index (κ2) is 42.5. The molecule has 9 aromatic carbocycles. The van der Waals surface area contributed by atoms with Gasteiger partial charge in [-0.1, -0.05) is 84.3 Å². The molecule has 658 valence electrons. The smallest absolute Gasteiger partial charge is 0.258 e. The van der Waals surface area contributed by atoms with E-state index in [1.807, 2.05) is 90.6 Å². The van der Waals surface area contributed by atoms with Crippen LogP contribution >= 0.6 is 27.5 Å². The molecule has 0 aromatic heterocycles. The predicted molar refractivity (Wildman–Crippen MR) is 479 cm³/mol. The van der Waals surface area contributed by atoms with Crippen LogP contribution in [0.3, 0.4) is 0 Å². The van der Waals surface area contributed by atoms with Crippen LogP contribution in [0.15, 0.2) is 138 Å². The van der Waals surface area contributed by atoms with E-state index in [4.69, 9.17) is 82.7 Å². The van der Waals surface area contributed by atoms with Crippen molar-refractivity contribution in [2.45, 2.75) is 129 Å². The lowest BCUT2D eigenvalue weighted by Gasteiger charge is -2.39. The lowest BCUT2D eigenvalue weighted by atomic mass is 9.85. The topological polar surface area (TPSA) is 226 Å². The van der Waals surface area contributed by atoms with Gasteiger partial charge in [-0.15, -0.1) is 0 Å². The fourth-order valence-electron chi connectivity index (χ4n) is 17.3. The molecule has 7 heterocycles. The maximum Gasteiger partial charge on any atom is 0.258 e. The van der Waals surface area contributed by atoms with Gasteiger partial charge >= 0.3 is 0 Å². The first-order valence-corrected chi connectivity index (χ1v) is 42.2. The molecule has 16 rings (SSSR count). The van der Waals surface area contributed by atoms with Gasteiger partial charge in [0, 0.05) is 78.2 Å². The Morgan fingerprint density at radius 2 is 1.17 bits per heavy atom. The molecule has 0 bridgehead atoms. The summed E-state index contributed by atoms with van der Waals surface area (Å²) in [7, 11) is 23.3. The summed E-state index contributed by atoms with van der Waals surface area (Å²) < 4.78 is 83.6. The summed E-state index contributed by atoms with van der Waals surface area (Å²) in [5.41, 5.74) is 17.3. The normalized spacial score (nSPS) is 18.1. The standard InChI is InChI=1S/C22H25NO7.C21H24BrNO3.C20H24ClNO2.C20H23NO4.C13H17NO3.CH4/c1-23-8-7-11-9-14-20(29-10-28-14)21(27-4)15(11)17(23)18-12-5-6-13(25-2)19(26-3)16(12)22(24)30-18;1-4-14-10-19(22)16(12-21(14)26-3)11-20-18-6-5-17(25-2)9-15(18)7-8-23(20)13-24;1-14-18-13-20(24-3)19(23-2)12-16(18)9-11-22(14)10-8-15-4-6-17(21)7-5-15;1-13-9-10-14-7-5-6-8-16(14)21(13)20(22)15-11-17(23-2)19(25-4)18(12-15)24-3;1-14-5-4-9-6-11(16-2)12(17-3)7-10(9)8-13(14)15;/h5-6,9,17-18,22,24H,7-8,10H2,1-4H3;5-6,9-10,12-13,20H,4,7-8,11H2,1-3H3;4-7,12-14H,8-11H2,1-3H3;5-8,11-13H,9-10H2,1-4H3;6-7H,4-5,8H2,1-3H3;1H4. The molecule has 6 unspecified atom stereocenters. The number of carbonyl (C=O) groups excluding carboxylic acids is 3. The van der Waals surface area contributed by atoms with Gasteiger partial charge in [0.15, 0.2) is 63.8 Å². The number of methoxy groups -OCH3 is 12. The van der Waals surface area contributed by atoms with E-state index in [2.05, 4.69) is 101 Å². The summed E-state index contributed by atoms with van der Waals surface area (Å²) in [6, 6.07) is 44.2. The number of hydrogen-bond donors (Lipinski definition) is 1. The Labute approximate surface area is 737 Å². The number of likely N-dealkylation sites (N-methyl/N-ethyl adjacent to an activating group) is 2. The molecule has 0 saturated carbocycles. The van der Waals surface area contributed by atoms with Crippen LogP contribution in [0, 0.1) is 0 Å². The highest BCUT2D eigenvalue weighted by molar-refractivity contribution is 9.10. The SMILES string of the molecule is C.CCc1cc(Br)c(CC2c3ccc(OC)cc3CCN2C=O)cc1OC.COc1cc(C(=O)N2c3ccccc3CCC2C)cc(OC)c1OC.COc1cc2c(cc1OC)C(C)N(CCc1ccc(Cl)cc1)CC2.COc1cc2c(cc1OC)CC(=O)N(C)CC2.COc1ccc2c(c1OC)C(O)OC2C1c2c(cc3c(c2OC)OCO3)CCN1C. The highest BCUT2D eigenvalue weighted by atomic mass is 79.9. The Hall–Kier alpha value is -10.8. The molecule has 7 aliphatic rings. The fourth-order valence-corrected chi connectivity index (χ4v) is 18.0. The average Bonchev–Trinajstić information content (AvgIpc) is 1.60. The first-order chi connectivity index (χ1) is 59.1. The van der Waals surface area contributed by atoms with Gasteiger partial charge in [0.25, 0.3) is 5.91 Å². The van der Waals surface area contributed by atoms with Crippen molar-refractivity contribution in [1.29, 1.82) is 0 Å². The fraction of sp³-hybridized carbons (Fsp3) is 0.412. The van der Waals surface area contributed by atoms with Crippen molar-refractivity contribution in [3.8, 4) is 80.5 Å². The van der Waals surface area contributed by atoms with E-state index in [-0.39, 0.29) is 44.2 Å². The molecular weight excluding hydrogens is 1650 g/mol. The van der Waals surface area contributed by atoms with Gasteiger partial charge in [0.2, 0.25) is 30.6 Å². The number of nitrogens with zero attached hydrogens (tertiary/aromatic N) is 5. The number of carbonyl (C=O) groups is 3. The van der Waals surface area contributed by atoms with Crippen LogP contribution in [0.25, 0.3) is 0 Å². The van der Waals surface area contributed by atoms with Crippen molar-refractivity contribution in [1.82, 2.24) is 19.6 Å². The van der Waals surface area contributed by atoms with E-state index in [0.717, 1.165) is 169 Å². The molecule has 9 aromatic rings. The molecule has 24 nitrogen and oxygen atoms in total. The third-order valence-electron chi connectivity index (χ3n) is 24.1. The van der Waals surface area contributed by atoms with Gasteiger partial charge in [-0.05, 0) is 236 Å². The van der Waals surface area contributed by atoms with Crippen LogP contribution in [0.1, 0.15) is 153 Å². The van der Waals surface area contributed by atoms with Crippen molar-refractivity contribution < 1.29 is 90.5 Å². The van der Waals surface area contributed by atoms with Crippen molar-refractivity contribution in [2.75, 3.05) is 144 Å². The van der Waals surface area contributed by atoms with Crippen LogP contribution in [-0.4, -0.2) is 188 Å². The van der Waals surface area contributed by atoms with E-state index < -0.39 is 12.4 Å². The summed E-state index contributed by atoms with van der Waals surface area (Å²) in [6.07, 6.45) is 8.06. The van der Waals surface area contributed by atoms with E-state index >= 15 is 0 Å². The van der Waals surface area contributed by atoms with E-state index in [1.165, 1.54) is 44.5 Å². The molecule has 0 fully saturated rings. The van der Waals surface area contributed by atoms with Gasteiger partial charge < -0.3 is 90.9 Å². The Balaban J connectivity index is 0.000000151. The zero-order valence-electron chi connectivity index (χ0n) is 72.8. The minimum Gasteiger partial charge on any atom is -0.497 e. The number of halogens is 2. The van der Waals surface area contributed by atoms with Crippen LogP contribution < -0.4 is 71.2 Å². The Morgan fingerprint density at radius 3 is 1.81 bits per heavy atom. The summed E-state index contributed by atoms with van der Waals surface area (Å²) in [4.78, 5) is 47.0. The third kappa shape index (κ3) is 20.2. The van der Waals surface area contributed by atoms with Crippen LogP contribution in [0.4, 0.5) is 5.69 Å². The number of ether oxygens (including phenoxy) is 15. The number of aliphatic hydroxyl groups is 1. The zero-order valence-corrected chi connectivity index (χ0v) is 75.2. The summed E-state index contributed by atoms with van der Waals surface area (Å²) in [6.45, 7) is 11.0. The quantitative estimate of drug-likeness (QED) is 0.0660. The Bertz CT molecular complexity index is 5160. The lowest BCUT2D eigenvalue weighted by Crippen LogP contribution is -2.42. The molecular formula is C97H117BrClN5O19. The number of benzene rings is 9. The van der Waals surface area contributed by atoms with Gasteiger partial charge in [-0.2, -0.15) is 0 Å². The van der Waals surface area contributed by atoms with Crippen molar-refractivity contribution in [3.63, 3.8) is 0 Å². The summed E-state index contributed by atoms with van der Waals surface area (Å²) in [5, 5.41) is 11.6. The molecule has 7 aliphatic heterocycles. The maximum atomic E-state index is 13.3. The summed E-state index contributed by atoms with van der Waals surface area (Å²) >= 11 is 9.66. The number of para-hydroxylation sites is 1. The molecule has 0 spiro atoms. The number of aliphatic hydroxyl groups excluding tert-OH is 1. The molecule has 1 N–H and O–H groups in total. The molecule has 3 amide bonds. The van der Waals surface area contributed by atoms with Gasteiger partial charge in [-0.25, -0.2) is 0 Å².